The van der Waals surface area contributed by atoms with Gasteiger partial charge in [0.15, 0.2) is 0 Å². The van der Waals surface area contributed by atoms with Gasteiger partial charge >= 0.3 is 0 Å². The molecule has 25 heavy (non-hydrogen) atoms. The first-order valence-electron chi connectivity index (χ1n) is 9.74. The van der Waals surface area contributed by atoms with E-state index in [2.05, 4.69) is 26.3 Å². The normalized spacial score (nSPS) is 20.8. The molecule has 2 heterocycles. The second-order valence-electron chi connectivity index (χ2n) is 7.59. The van der Waals surface area contributed by atoms with Crippen LogP contribution in [-0.4, -0.2) is 39.9 Å². The summed E-state index contributed by atoms with van der Waals surface area (Å²) < 4.78 is 0. The molecule has 1 aliphatic carbocycles. The van der Waals surface area contributed by atoms with Crippen LogP contribution in [0.4, 0.5) is 0 Å². The largest absolute Gasteiger partial charge is 0.353 e. The van der Waals surface area contributed by atoms with Crippen LogP contribution in [0.15, 0.2) is 24.3 Å². The lowest BCUT2D eigenvalue weighted by atomic mass is 9.92. The molecule has 2 fully saturated rings. The van der Waals surface area contributed by atoms with Crippen LogP contribution in [0.2, 0.25) is 0 Å². The minimum atomic E-state index is 0.189. The molecule has 0 spiro atoms. The summed E-state index contributed by atoms with van der Waals surface area (Å²) in [7, 11) is 0. The van der Waals surface area contributed by atoms with E-state index < -0.39 is 0 Å². The Bertz CT molecular complexity index is 678. The number of likely N-dealkylation sites (tertiary alicyclic amines) is 1. The molecule has 0 atom stereocenters. The fourth-order valence-corrected chi connectivity index (χ4v) is 4.21. The van der Waals surface area contributed by atoms with E-state index in [4.69, 9.17) is 0 Å². The first-order valence-corrected chi connectivity index (χ1v) is 9.74. The monoisotopic (exact) mass is 340 g/mol. The summed E-state index contributed by atoms with van der Waals surface area (Å²) in [5.41, 5.74) is 2.12. The maximum atomic E-state index is 12.5. The number of aromatic nitrogens is 2. The summed E-state index contributed by atoms with van der Waals surface area (Å²) in [6.45, 7) is 2.78. The Labute approximate surface area is 149 Å². The number of benzene rings is 1. The van der Waals surface area contributed by atoms with Gasteiger partial charge in [-0.05, 0) is 50.9 Å². The van der Waals surface area contributed by atoms with Crippen molar-refractivity contribution in [3.05, 3.63) is 30.1 Å². The predicted octanol–water partition coefficient (Wildman–Crippen LogP) is 3.22. The summed E-state index contributed by atoms with van der Waals surface area (Å²) in [4.78, 5) is 23.0. The molecule has 1 aromatic carbocycles. The molecule has 2 N–H and O–H groups in total. The zero-order valence-electron chi connectivity index (χ0n) is 14.8. The quantitative estimate of drug-likeness (QED) is 0.898. The number of hydrogen-bond acceptors (Lipinski definition) is 3. The first-order chi connectivity index (χ1) is 12.3. The average molecular weight is 340 g/mol. The summed E-state index contributed by atoms with van der Waals surface area (Å²) in [6.07, 6.45) is 8.10. The number of amides is 1. The van der Waals surface area contributed by atoms with Crippen LogP contribution in [0.3, 0.4) is 0 Å². The van der Waals surface area contributed by atoms with Gasteiger partial charge in [0.25, 0.3) is 0 Å². The fourth-order valence-electron chi connectivity index (χ4n) is 4.21. The lowest BCUT2D eigenvalue weighted by molar-refractivity contribution is -0.127. The molecule has 1 saturated carbocycles. The number of piperidine rings is 1. The van der Waals surface area contributed by atoms with Crippen molar-refractivity contribution in [1.29, 1.82) is 0 Å². The highest BCUT2D eigenvalue weighted by atomic mass is 16.1. The van der Waals surface area contributed by atoms with Crippen LogP contribution in [0, 0.1) is 5.92 Å². The third kappa shape index (κ3) is 4.03. The SMILES string of the molecule is O=C(NC1CCCCC1)C1CCN(Cc2nc3ccccc3[nH]2)CC1. The molecule has 2 aliphatic rings. The highest BCUT2D eigenvalue weighted by Gasteiger charge is 2.27. The molecule has 1 saturated heterocycles. The molecular formula is C20H28N4O. The highest BCUT2D eigenvalue weighted by Crippen LogP contribution is 2.22. The fraction of sp³-hybridized carbons (Fsp3) is 0.600. The average Bonchev–Trinajstić information content (AvgIpc) is 3.05. The number of nitrogens with one attached hydrogen (secondary N) is 2. The third-order valence-electron chi connectivity index (χ3n) is 5.72. The van der Waals surface area contributed by atoms with Crippen LogP contribution in [0.1, 0.15) is 50.8 Å². The topological polar surface area (TPSA) is 61.0 Å². The Morgan fingerprint density at radius 1 is 1.12 bits per heavy atom. The Balaban J connectivity index is 1.26. The van der Waals surface area contributed by atoms with Gasteiger partial charge in [-0.3, -0.25) is 9.69 Å². The van der Waals surface area contributed by atoms with Gasteiger partial charge in [-0.25, -0.2) is 4.98 Å². The molecule has 1 aromatic heterocycles. The zero-order chi connectivity index (χ0) is 17.1. The van der Waals surface area contributed by atoms with Gasteiger partial charge in [-0.2, -0.15) is 0 Å². The molecule has 1 aliphatic heterocycles. The number of hydrogen-bond donors (Lipinski definition) is 2. The lowest BCUT2D eigenvalue weighted by Gasteiger charge is -2.32. The van der Waals surface area contributed by atoms with Gasteiger partial charge in [0.2, 0.25) is 5.91 Å². The number of nitrogens with zero attached hydrogens (tertiary/aromatic N) is 2. The van der Waals surface area contributed by atoms with Gasteiger partial charge in [-0.1, -0.05) is 31.4 Å². The Morgan fingerprint density at radius 2 is 1.88 bits per heavy atom. The smallest absolute Gasteiger partial charge is 0.223 e. The van der Waals surface area contributed by atoms with Crippen LogP contribution in [0.25, 0.3) is 11.0 Å². The standard InChI is InChI=1S/C20H28N4O/c25-20(21-16-6-2-1-3-7-16)15-10-12-24(13-11-15)14-19-22-17-8-4-5-9-18(17)23-19/h4-5,8-9,15-16H,1-3,6-7,10-14H2,(H,21,25)(H,22,23). The van der Waals surface area contributed by atoms with Crippen molar-refractivity contribution in [1.82, 2.24) is 20.2 Å². The number of para-hydroxylation sites is 2. The maximum Gasteiger partial charge on any atom is 0.223 e. The van der Waals surface area contributed by atoms with Crippen molar-refractivity contribution in [2.45, 2.75) is 57.5 Å². The number of fused-ring (bicyclic) bond motifs is 1. The van der Waals surface area contributed by atoms with E-state index in [-0.39, 0.29) is 11.8 Å². The van der Waals surface area contributed by atoms with Crippen LogP contribution >= 0.6 is 0 Å². The van der Waals surface area contributed by atoms with Crippen molar-refractivity contribution >= 4 is 16.9 Å². The Kier molecular flexibility index (Phi) is 5.02. The van der Waals surface area contributed by atoms with Crippen molar-refractivity contribution in [3.8, 4) is 0 Å². The highest BCUT2D eigenvalue weighted by molar-refractivity contribution is 5.79. The van der Waals surface area contributed by atoms with Crippen LogP contribution in [0.5, 0.6) is 0 Å². The minimum Gasteiger partial charge on any atom is -0.353 e. The predicted molar refractivity (Wildman–Crippen MR) is 99.1 cm³/mol. The van der Waals surface area contributed by atoms with Gasteiger partial charge in [0.1, 0.15) is 5.82 Å². The van der Waals surface area contributed by atoms with Crippen molar-refractivity contribution < 1.29 is 4.79 Å². The first kappa shape index (κ1) is 16.6. The zero-order valence-corrected chi connectivity index (χ0v) is 14.8. The number of rotatable bonds is 4. The van der Waals surface area contributed by atoms with E-state index in [1.807, 2.05) is 18.2 Å². The van der Waals surface area contributed by atoms with E-state index in [0.29, 0.717) is 6.04 Å². The number of carbonyl (C=O) groups is 1. The van der Waals surface area contributed by atoms with Crippen LogP contribution < -0.4 is 5.32 Å². The second kappa shape index (κ2) is 7.56. The summed E-state index contributed by atoms with van der Waals surface area (Å²) in [5.74, 6) is 1.50. The van der Waals surface area contributed by atoms with E-state index in [1.165, 1.54) is 19.3 Å². The van der Waals surface area contributed by atoms with Gasteiger partial charge in [0, 0.05) is 12.0 Å². The molecule has 134 valence electrons. The Morgan fingerprint density at radius 3 is 2.64 bits per heavy atom. The van der Waals surface area contributed by atoms with Gasteiger partial charge in [-0.15, -0.1) is 0 Å². The maximum absolute atomic E-state index is 12.5. The molecule has 2 aromatic rings. The van der Waals surface area contributed by atoms with E-state index in [0.717, 1.165) is 62.2 Å². The summed E-state index contributed by atoms with van der Waals surface area (Å²) in [5, 5.41) is 3.29. The summed E-state index contributed by atoms with van der Waals surface area (Å²) >= 11 is 0. The lowest BCUT2D eigenvalue weighted by Crippen LogP contribution is -2.44. The van der Waals surface area contributed by atoms with Crippen LogP contribution in [-0.2, 0) is 11.3 Å². The number of aromatic amines is 1. The number of carbonyl (C=O) groups excluding carboxylic acids is 1. The molecule has 0 unspecified atom stereocenters. The third-order valence-corrected chi connectivity index (χ3v) is 5.72. The van der Waals surface area contributed by atoms with Crippen molar-refractivity contribution in [3.63, 3.8) is 0 Å². The molecule has 5 nitrogen and oxygen atoms in total. The van der Waals surface area contributed by atoms with Gasteiger partial charge in [0.05, 0.1) is 17.6 Å². The van der Waals surface area contributed by atoms with Crippen molar-refractivity contribution in [2.24, 2.45) is 5.92 Å². The Hall–Kier alpha value is -1.88. The molecule has 5 heteroatoms. The van der Waals surface area contributed by atoms with Crippen molar-refractivity contribution in [2.75, 3.05) is 13.1 Å². The molecule has 0 bridgehead atoms. The van der Waals surface area contributed by atoms with E-state index in [9.17, 15) is 4.79 Å². The molecule has 1 amide bonds. The van der Waals surface area contributed by atoms with E-state index >= 15 is 0 Å². The van der Waals surface area contributed by atoms with E-state index in [1.54, 1.807) is 0 Å². The number of imidazole rings is 1. The molecule has 4 rings (SSSR count). The molecular weight excluding hydrogens is 312 g/mol. The number of H-pyrrole nitrogens is 1. The minimum absolute atomic E-state index is 0.189. The summed E-state index contributed by atoms with van der Waals surface area (Å²) in [6, 6.07) is 8.57. The molecule has 0 radical (unpaired) electrons. The van der Waals surface area contributed by atoms with Gasteiger partial charge < -0.3 is 10.3 Å². The second-order valence-corrected chi connectivity index (χ2v) is 7.59.